The Morgan fingerprint density at radius 2 is 2.12 bits per heavy atom. The van der Waals surface area contributed by atoms with Crippen LogP contribution in [0.2, 0.25) is 0 Å². The Morgan fingerprint density at radius 3 is 2.62 bits per heavy atom. The first-order valence-electron chi connectivity index (χ1n) is 5.34. The third-order valence-corrected chi connectivity index (χ3v) is 2.68. The summed E-state index contributed by atoms with van der Waals surface area (Å²) in [4.78, 5) is 0. The average molecular weight is 219 g/mol. The van der Waals surface area contributed by atoms with Crippen LogP contribution in [-0.4, -0.2) is 22.8 Å². The molecular weight excluding hydrogens is 202 g/mol. The number of hydrogen-bond acceptors (Lipinski definition) is 5. The Bertz CT molecular complexity index is 404. The van der Waals surface area contributed by atoms with Crippen LogP contribution < -0.4 is 11.1 Å². The summed E-state index contributed by atoms with van der Waals surface area (Å²) in [6, 6.07) is 2.28. The highest BCUT2D eigenvalue weighted by atomic mass is 15.2. The average Bonchev–Trinajstić information content (AvgIpc) is 2.30. The smallest absolute Gasteiger partial charge is 0.167 e. The van der Waals surface area contributed by atoms with Gasteiger partial charge in [-0.15, -0.1) is 5.10 Å². The predicted octanol–water partition coefficient (Wildman–Crippen LogP) is 1.11. The van der Waals surface area contributed by atoms with Gasteiger partial charge >= 0.3 is 0 Å². The van der Waals surface area contributed by atoms with Gasteiger partial charge in [0.2, 0.25) is 0 Å². The molecule has 1 aromatic heterocycles. The van der Waals surface area contributed by atoms with E-state index in [0.29, 0.717) is 17.9 Å². The van der Waals surface area contributed by atoms with Crippen molar-refractivity contribution in [1.82, 2.24) is 10.2 Å². The summed E-state index contributed by atoms with van der Waals surface area (Å²) >= 11 is 0. The number of aryl methyl sites for hydroxylation is 1. The summed E-state index contributed by atoms with van der Waals surface area (Å²) in [5, 5.41) is 20.2. The van der Waals surface area contributed by atoms with Crippen LogP contribution in [0.4, 0.5) is 5.82 Å². The molecule has 0 aliphatic rings. The summed E-state index contributed by atoms with van der Waals surface area (Å²) in [6.45, 7) is 6.26. The van der Waals surface area contributed by atoms with Crippen molar-refractivity contribution in [3.8, 4) is 6.07 Å². The van der Waals surface area contributed by atoms with E-state index in [1.54, 1.807) is 0 Å². The lowest BCUT2D eigenvalue weighted by atomic mass is 10.1. The molecular formula is C11H17N5. The fourth-order valence-electron chi connectivity index (χ4n) is 1.37. The Balaban J connectivity index is 3.06. The fourth-order valence-corrected chi connectivity index (χ4v) is 1.37. The normalized spacial score (nSPS) is 11.9. The number of nitrogens with two attached hydrogens (primary N) is 1. The molecule has 0 saturated carbocycles. The maximum Gasteiger partial charge on any atom is 0.167 e. The number of nitrogens with zero attached hydrogens (tertiary/aromatic N) is 3. The van der Waals surface area contributed by atoms with Crippen molar-refractivity contribution in [3.63, 3.8) is 0 Å². The summed E-state index contributed by atoms with van der Waals surface area (Å²) in [6.07, 6.45) is 0.885. The number of rotatable bonds is 4. The van der Waals surface area contributed by atoms with Crippen LogP contribution in [-0.2, 0) is 0 Å². The molecule has 1 aromatic rings. The largest absolute Gasteiger partial charge is 0.363 e. The van der Waals surface area contributed by atoms with Gasteiger partial charge in [0.1, 0.15) is 11.6 Å². The van der Waals surface area contributed by atoms with E-state index in [2.05, 4.69) is 21.6 Å². The highest BCUT2D eigenvalue weighted by Gasteiger charge is 2.13. The van der Waals surface area contributed by atoms with Crippen molar-refractivity contribution in [1.29, 1.82) is 5.26 Å². The van der Waals surface area contributed by atoms with Gasteiger partial charge < -0.3 is 11.1 Å². The molecule has 16 heavy (non-hydrogen) atoms. The predicted molar refractivity (Wildman–Crippen MR) is 63.0 cm³/mol. The van der Waals surface area contributed by atoms with Crippen LogP contribution in [0.25, 0.3) is 0 Å². The minimum atomic E-state index is 0.128. The number of aromatic nitrogens is 2. The Kier molecular flexibility index (Phi) is 4.20. The van der Waals surface area contributed by atoms with E-state index in [-0.39, 0.29) is 6.04 Å². The number of anilines is 1. The Hall–Kier alpha value is -1.67. The van der Waals surface area contributed by atoms with Gasteiger partial charge in [0.25, 0.3) is 0 Å². The lowest BCUT2D eigenvalue weighted by Crippen LogP contribution is -2.29. The van der Waals surface area contributed by atoms with Gasteiger partial charge in [-0.25, -0.2) is 0 Å². The van der Waals surface area contributed by atoms with E-state index in [1.165, 1.54) is 0 Å². The molecule has 86 valence electrons. The van der Waals surface area contributed by atoms with Gasteiger partial charge in [0, 0.05) is 12.6 Å². The molecule has 0 saturated heterocycles. The molecule has 0 aliphatic carbocycles. The van der Waals surface area contributed by atoms with Crippen molar-refractivity contribution < 1.29 is 0 Å². The van der Waals surface area contributed by atoms with Crippen LogP contribution in [0.5, 0.6) is 0 Å². The molecule has 0 aromatic carbocycles. The lowest BCUT2D eigenvalue weighted by molar-refractivity contribution is 0.696. The lowest BCUT2D eigenvalue weighted by Gasteiger charge is -2.16. The van der Waals surface area contributed by atoms with Crippen molar-refractivity contribution >= 4 is 5.82 Å². The summed E-state index contributed by atoms with van der Waals surface area (Å²) in [5.41, 5.74) is 7.80. The van der Waals surface area contributed by atoms with Crippen LogP contribution >= 0.6 is 0 Å². The first kappa shape index (κ1) is 12.4. The molecule has 1 unspecified atom stereocenters. The van der Waals surface area contributed by atoms with Crippen LogP contribution in [0, 0.1) is 25.2 Å². The highest BCUT2D eigenvalue weighted by molar-refractivity contribution is 5.56. The van der Waals surface area contributed by atoms with Crippen molar-refractivity contribution in [2.45, 2.75) is 33.2 Å². The minimum Gasteiger partial charge on any atom is -0.363 e. The zero-order chi connectivity index (χ0) is 12.1. The van der Waals surface area contributed by atoms with Crippen molar-refractivity contribution in [2.75, 3.05) is 11.9 Å². The minimum absolute atomic E-state index is 0.128. The summed E-state index contributed by atoms with van der Waals surface area (Å²) < 4.78 is 0. The maximum absolute atomic E-state index is 9.09. The van der Waals surface area contributed by atoms with Gasteiger partial charge in [-0.3, -0.25) is 0 Å². The van der Waals surface area contributed by atoms with Gasteiger partial charge in [-0.2, -0.15) is 10.4 Å². The zero-order valence-corrected chi connectivity index (χ0v) is 9.91. The molecule has 3 N–H and O–H groups in total. The van der Waals surface area contributed by atoms with Crippen LogP contribution in [0.1, 0.15) is 30.2 Å². The van der Waals surface area contributed by atoms with Crippen LogP contribution in [0.15, 0.2) is 0 Å². The molecule has 5 heteroatoms. The topological polar surface area (TPSA) is 87.6 Å². The van der Waals surface area contributed by atoms with Crippen LogP contribution in [0.3, 0.4) is 0 Å². The third kappa shape index (κ3) is 2.47. The Morgan fingerprint density at radius 1 is 1.44 bits per heavy atom. The molecule has 0 fully saturated rings. The monoisotopic (exact) mass is 219 g/mol. The first-order chi connectivity index (χ1) is 7.63. The molecule has 1 heterocycles. The standard InChI is InChI=1S/C11H17N5/c1-4-9(5-12)14-11-10(6-13)7(2)8(3)15-16-11/h9H,4-5,12H2,1-3H3,(H,14,16). The number of hydrogen-bond donors (Lipinski definition) is 2. The van der Waals surface area contributed by atoms with Gasteiger partial charge in [0.05, 0.1) is 5.69 Å². The molecule has 0 radical (unpaired) electrons. The van der Waals surface area contributed by atoms with Crippen molar-refractivity contribution in [3.05, 3.63) is 16.8 Å². The number of nitrogens with one attached hydrogen (secondary N) is 1. The van der Waals surface area contributed by atoms with E-state index in [1.807, 2.05) is 20.8 Å². The van der Waals surface area contributed by atoms with E-state index in [4.69, 9.17) is 11.0 Å². The SMILES string of the molecule is CCC(CN)Nc1nnc(C)c(C)c1C#N. The second kappa shape index (κ2) is 5.42. The van der Waals surface area contributed by atoms with Crippen molar-refractivity contribution in [2.24, 2.45) is 5.73 Å². The van der Waals surface area contributed by atoms with E-state index in [0.717, 1.165) is 17.7 Å². The highest BCUT2D eigenvalue weighted by Crippen LogP contribution is 2.17. The molecule has 1 rings (SSSR count). The molecule has 1 atom stereocenters. The van der Waals surface area contributed by atoms with E-state index >= 15 is 0 Å². The molecule has 0 spiro atoms. The maximum atomic E-state index is 9.09. The summed E-state index contributed by atoms with van der Waals surface area (Å²) in [7, 11) is 0. The Labute approximate surface area is 95.7 Å². The quantitative estimate of drug-likeness (QED) is 0.792. The molecule has 0 bridgehead atoms. The van der Waals surface area contributed by atoms with Gasteiger partial charge in [0.15, 0.2) is 5.82 Å². The van der Waals surface area contributed by atoms with E-state index in [9.17, 15) is 0 Å². The fraction of sp³-hybridized carbons (Fsp3) is 0.545. The first-order valence-corrected chi connectivity index (χ1v) is 5.34. The zero-order valence-electron chi connectivity index (χ0n) is 9.91. The molecule has 0 amide bonds. The second-order valence-corrected chi connectivity index (χ2v) is 3.73. The number of nitriles is 1. The summed E-state index contributed by atoms with van der Waals surface area (Å²) in [5.74, 6) is 0.530. The molecule has 5 nitrogen and oxygen atoms in total. The second-order valence-electron chi connectivity index (χ2n) is 3.73. The van der Waals surface area contributed by atoms with Gasteiger partial charge in [-0.05, 0) is 25.8 Å². The van der Waals surface area contributed by atoms with E-state index < -0.39 is 0 Å². The molecule has 0 aliphatic heterocycles. The third-order valence-electron chi connectivity index (χ3n) is 2.68. The van der Waals surface area contributed by atoms with Gasteiger partial charge in [-0.1, -0.05) is 6.92 Å².